The Balaban J connectivity index is 2.29. The Labute approximate surface area is 81.4 Å². The first-order valence-corrected chi connectivity index (χ1v) is 4.69. The summed E-state index contributed by atoms with van der Waals surface area (Å²) in [6.07, 6.45) is 1.25. The van der Waals surface area contributed by atoms with Crippen molar-refractivity contribution in [3.8, 4) is 0 Å². The van der Waals surface area contributed by atoms with Gasteiger partial charge in [0, 0.05) is 0 Å². The van der Waals surface area contributed by atoms with Crippen molar-refractivity contribution in [2.75, 3.05) is 0 Å². The number of hydrogen-bond donors (Lipinski definition) is 1. The second-order valence-electron chi connectivity index (χ2n) is 4.17. The number of benzene rings is 1. The fourth-order valence-electron chi connectivity index (χ4n) is 2.11. The first-order chi connectivity index (χ1) is 6.51. The van der Waals surface area contributed by atoms with Crippen molar-refractivity contribution in [3.63, 3.8) is 0 Å². The molecule has 0 aliphatic heterocycles. The minimum Gasteiger partial charge on any atom is -0.385 e. The molecule has 1 aromatic rings. The standard InChI is InChI=1S/C11H12F2O/c1-7-5-11(14,6-7)8-2-3-9(12)10(13)4-8/h2-4,7,14H,5-6H2,1H3. The van der Waals surface area contributed by atoms with E-state index in [1.54, 1.807) is 0 Å². The van der Waals surface area contributed by atoms with E-state index in [-0.39, 0.29) is 0 Å². The average Bonchev–Trinajstić information content (AvgIpc) is 2.07. The van der Waals surface area contributed by atoms with E-state index >= 15 is 0 Å². The number of halogens is 2. The molecular formula is C11H12F2O. The molecule has 1 nitrogen and oxygen atoms in total. The van der Waals surface area contributed by atoms with E-state index in [1.165, 1.54) is 6.07 Å². The summed E-state index contributed by atoms with van der Waals surface area (Å²) in [7, 11) is 0. The number of aliphatic hydroxyl groups is 1. The van der Waals surface area contributed by atoms with Crippen molar-refractivity contribution in [1.82, 2.24) is 0 Å². The van der Waals surface area contributed by atoms with Crippen LogP contribution in [0.1, 0.15) is 25.3 Å². The molecule has 0 saturated heterocycles. The number of hydrogen-bond acceptors (Lipinski definition) is 1. The molecule has 2 rings (SSSR count). The van der Waals surface area contributed by atoms with Gasteiger partial charge in [0.05, 0.1) is 5.60 Å². The topological polar surface area (TPSA) is 20.2 Å². The van der Waals surface area contributed by atoms with E-state index in [9.17, 15) is 13.9 Å². The van der Waals surface area contributed by atoms with Crippen LogP contribution in [0.2, 0.25) is 0 Å². The maximum Gasteiger partial charge on any atom is 0.159 e. The molecule has 3 heteroatoms. The third-order valence-corrected chi connectivity index (χ3v) is 2.83. The fraction of sp³-hybridized carbons (Fsp3) is 0.455. The Morgan fingerprint density at radius 3 is 2.43 bits per heavy atom. The largest absolute Gasteiger partial charge is 0.385 e. The SMILES string of the molecule is CC1CC(O)(c2ccc(F)c(F)c2)C1. The fourth-order valence-corrected chi connectivity index (χ4v) is 2.11. The molecule has 1 aliphatic carbocycles. The van der Waals surface area contributed by atoms with Gasteiger partial charge in [-0.15, -0.1) is 0 Å². The molecule has 0 spiro atoms. The summed E-state index contributed by atoms with van der Waals surface area (Å²) < 4.78 is 25.5. The molecule has 0 aromatic heterocycles. The molecule has 0 radical (unpaired) electrons. The summed E-state index contributed by atoms with van der Waals surface area (Å²) in [4.78, 5) is 0. The molecule has 1 aliphatic rings. The van der Waals surface area contributed by atoms with Crippen LogP contribution in [0.25, 0.3) is 0 Å². The van der Waals surface area contributed by atoms with Crippen LogP contribution >= 0.6 is 0 Å². The van der Waals surface area contributed by atoms with Crippen LogP contribution in [-0.4, -0.2) is 5.11 Å². The minimum absolute atomic E-state index is 0.452. The first kappa shape index (κ1) is 9.59. The highest BCUT2D eigenvalue weighted by atomic mass is 19.2. The predicted molar refractivity (Wildman–Crippen MR) is 48.7 cm³/mol. The van der Waals surface area contributed by atoms with E-state index in [2.05, 4.69) is 0 Å². The van der Waals surface area contributed by atoms with Crippen LogP contribution in [0.15, 0.2) is 18.2 Å². The summed E-state index contributed by atoms with van der Waals surface area (Å²) in [5.74, 6) is -1.31. The van der Waals surface area contributed by atoms with Gasteiger partial charge in [-0.3, -0.25) is 0 Å². The Morgan fingerprint density at radius 2 is 1.93 bits per heavy atom. The zero-order chi connectivity index (χ0) is 10.3. The normalized spacial score (nSPS) is 31.3. The molecule has 0 heterocycles. The summed E-state index contributed by atoms with van der Waals surface area (Å²) in [5, 5.41) is 9.98. The van der Waals surface area contributed by atoms with Gasteiger partial charge >= 0.3 is 0 Å². The van der Waals surface area contributed by atoms with Crippen LogP contribution in [0.3, 0.4) is 0 Å². The molecule has 1 N–H and O–H groups in total. The van der Waals surface area contributed by atoms with Gasteiger partial charge in [-0.25, -0.2) is 8.78 Å². The molecule has 1 aromatic carbocycles. The summed E-state index contributed by atoms with van der Waals surface area (Å²) >= 11 is 0. The Morgan fingerprint density at radius 1 is 1.29 bits per heavy atom. The Hall–Kier alpha value is -0.960. The maximum absolute atomic E-state index is 12.9. The molecule has 0 atom stereocenters. The lowest BCUT2D eigenvalue weighted by molar-refractivity contribution is -0.0740. The second-order valence-corrected chi connectivity index (χ2v) is 4.17. The second kappa shape index (κ2) is 3.02. The molecule has 0 amide bonds. The van der Waals surface area contributed by atoms with Crippen molar-refractivity contribution in [2.24, 2.45) is 5.92 Å². The summed E-state index contributed by atoms with van der Waals surface area (Å²) in [5.41, 5.74) is -0.456. The Kier molecular flexibility index (Phi) is 2.07. The minimum atomic E-state index is -0.937. The smallest absolute Gasteiger partial charge is 0.159 e. The van der Waals surface area contributed by atoms with Crippen LogP contribution in [0.4, 0.5) is 8.78 Å². The highest BCUT2D eigenvalue weighted by Gasteiger charge is 2.41. The van der Waals surface area contributed by atoms with E-state index in [0.717, 1.165) is 12.1 Å². The van der Waals surface area contributed by atoms with Gasteiger partial charge < -0.3 is 5.11 Å². The van der Waals surface area contributed by atoms with Gasteiger partial charge in [0.15, 0.2) is 11.6 Å². The molecule has 1 fully saturated rings. The van der Waals surface area contributed by atoms with E-state index in [1.807, 2.05) is 6.92 Å². The quantitative estimate of drug-likeness (QED) is 0.735. The van der Waals surface area contributed by atoms with Crippen molar-refractivity contribution >= 4 is 0 Å². The predicted octanol–water partition coefficient (Wildman–Crippen LogP) is 2.58. The molecule has 0 bridgehead atoms. The highest BCUT2D eigenvalue weighted by Crippen LogP contribution is 2.45. The molecule has 76 valence electrons. The van der Waals surface area contributed by atoms with E-state index in [0.29, 0.717) is 24.3 Å². The van der Waals surface area contributed by atoms with Gasteiger partial charge in [0.25, 0.3) is 0 Å². The van der Waals surface area contributed by atoms with E-state index in [4.69, 9.17) is 0 Å². The van der Waals surface area contributed by atoms with Gasteiger partial charge in [-0.2, -0.15) is 0 Å². The first-order valence-electron chi connectivity index (χ1n) is 4.69. The van der Waals surface area contributed by atoms with E-state index < -0.39 is 17.2 Å². The highest BCUT2D eigenvalue weighted by molar-refractivity contribution is 5.26. The van der Waals surface area contributed by atoms with Crippen LogP contribution in [-0.2, 0) is 5.60 Å². The molecular weight excluding hydrogens is 186 g/mol. The maximum atomic E-state index is 12.9. The average molecular weight is 198 g/mol. The van der Waals surface area contributed by atoms with Crippen LogP contribution in [0.5, 0.6) is 0 Å². The third-order valence-electron chi connectivity index (χ3n) is 2.83. The zero-order valence-corrected chi connectivity index (χ0v) is 7.93. The number of rotatable bonds is 1. The van der Waals surface area contributed by atoms with Gasteiger partial charge in [-0.05, 0) is 36.5 Å². The van der Waals surface area contributed by atoms with Crippen LogP contribution < -0.4 is 0 Å². The van der Waals surface area contributed by atoms with Gasteiger partial charge in [0.1, 0.15) is 0 Å². The molecule has 0 unspecified atom stereocenters. The van der Waals surface area contributed by atoms with Gasteiger partial charge in [0.2, 0.25) is 0 Å². The van der Waals surface area contributed by atoms with Crippen LogP contribution in [0, 0.1) is 17.6 Å². The van der Waals surface area contributed by atoms with Crippen molar-refractivity contribution < 1.29 is 13.9 Å². The summed E-state index contributed by atoms with van der Waals surface area (Å²) in [6.45, 7) is 2.02. The monoisotopic (exact) mass is 198 g/mol. The molecule has 14 heavy (non-hydrogen) atoms. The summed E-state index contributed by atoms with van der Waals surface area (Å²) in [6, 6.07) is 3.59. The lowest BCUT2D eigenvalue weighted by atomic mass is 9.68. The lowest BCUT2D eigenvalue weighted by Crippen LogP contribution is -2.39. The zero-order valence-electron chi connectivity index (χ0n) is 7.93. The lowest BCUT2D eigenvalue weighted by Gasteiger charge is -2.42. The van der Waals surface area contributed by atoms with Crippen molar-refractivity contribution in [1.29, 1.82) is 0 Å². The van der Waals surface area contributed by atoms with Crippen molar-refractivity contribution in [2.45, 2.75) is 25.4 Å². The van der Waals surface area contributed by atoms with Gasteiger partial charge in [-0.1, -0.05) is 13.0 Å². The van der Waals surface area contributed by atoms with Crippen molar-refractivity contribution in [3.05, 3.63) is 35.4 Å². The third kappa shape index (κ3) is 1.42. The molecule has 1 saturated carbocycles. The Bertz CT molecular complexity index is 356.